The van der Waals surface area contributed by atoms with Gasteiger partial charge in [0.15, 0.2) is 0 Å². The van der Waals surface area contributed by atoms with Crippen LogP contribution in [0.5, 0.6) is 0 Å². The minimum Gasteiger partial charge on any atom is -0.364 e. The van der Waals surface area contributed by atoms with E-state index in [0.29, 0.717) is 0 Å². The SMILES string of the molecule is c1ccc2c(c1)CC[C@@]21OCCc2c1[nH]c1ccccc21. The number of benzene rings is 2. The molecule has 1 aliphatic carbocycles. The molecular weight excluding hydrogens is 258 g/mol. The molecule has 0 saturated heterocycles. The second kappa shape index (κ2) is 3.99. The number of aromatic nitrogens is 1. The van der Waals surface area contributed by atoms with Gasteiger partial charge in [-0.15, -0.1) is 0 Å². The van der Waals surface area contributed by atoms with Crippen molar-refractivity contribution in [2.45, 2.75) is 24.9 Å². The van der Waals surface area contributed by atoms with Crippen LogP contribution in [0, 0.1) is 0 Å². The van der Waals surface area contributed by atoms with Crippen LogP contribution in [0.3, 0.4) is 0 Å². The van der Waals surface area contributed by atoms with Gasteiger partial charge in [0, 0.05) is 10.9 Å². The molecule has 0 amide bonds. The standard InChI is InChI=1S/C19H17NO/c1-3-7-16-13(5-1)9-11-19(16)18-15(10-12-21-19)14-6-2-4-8-17(14)20-18/h1-8,20H,9-12H2/t19-/m1/s1. The molecule has 1 N–H and O–H groups in total. The lowest BCUT2D eigenvalue weighted by Gasteiger charge is -2.35. The van der Waals surface area contributed by atoms with Crippen molar-refractivity contribution in [1.82, 2.24) is 4.98 Å². The van der Waals surface area contributed by atoms with Crippen LogP contribution in [0.1, 0.15) is 28.8 Å². The van der Waals surface area contributed by atoms with E-state index in [1.165, 1.54) is 33.3 Å². The molecule has 0 saturated carbocycles. The highest BCUT2D eigenvalue weighted by Gasteiger charge is 2.46. The Hall–Kier alpha value is -2.06. The number of hydrogen-bond donors (Lipinski definition) is 1. The van der Waals surface area contributed by atoms with Gasteiger partial charge in [-0.05, 0) is 42.0 Å². The molecule has 21 heavy (non-hydrogen) atoms. The van der Waals surface area contributed by atoms with Crippen molar-refractivity contribution in [1.29, 1.82) is 0 Å². The van der Waals surface area contributed by atoms with Crippen LogP contribution in [0.2, 0.25) is 0 Å². The monoisotopic (exact) mass is 275 g/mol. The molecule has 0 unspecified atom stereocenters. The van der Waals surface area contributed by atoms with E-state index in [4.69, 9.17) is 4.74 Å². The molecule has 1 atom stereocenters. The van der Waals surface area contributed by atoms with Crippen LogP contribution in [0.4, 0.5) is 0 Å². The fraction of sp³-hybridized carbons (Fsp3) is 0.263. The summed E-state index contributed by atoms with van der Waals surface area (Å²) in [6.07, 6.45) is 3.15. The average Bonchev–Trinajstić information content (AvgIpc) is 3.09. The Labute approximate surface area is 123 Å². The molecule has 2 nitrogen and oxygen atoms in total. The fourth-order valence-electron chi connectivity index (χ4n) is 4.19. The Morgan fingerprint density at radius 3 is 2.81 bits per heavy atom. The molecule has 1 spiro atoms. The number of hydrogen-bond acceptors (Lipinski definition) is 1. The summed E-state index contributed by atoms with van der Waals surface area (Å²) in [5.74, 6) is 0. The summed E-state index contributed by atoms with van der Waals surface area (Å²) in [4.78, 5) is 3.66. The summed E-state index contributed by atoms with van der Waals surface area (Å²) in [5, 5.41) is 1.36. The van der Waals surface area contributed by atoms with Gasteiger partial charge in [-0.1, -0.05) is 42.5 Å². The third-order valence-electron chi connectivity index (χ3n) is 5.12. The van der Waals surface area contributed by atoms with Gasteiger partial charge >= 0.3 is 0 Å². The minimum atomic E-state index is -0.247. The molecule has 2 heterocycles. The van der Waals surface area contributed by atoms with E-state index in [0.717, 1.165) is 25.9 Å². The first kappa shape index (κ1) is 11.6. The number of rotatable bonds is 0. The van der Waals surface area contributed by atoms with Gasteiger partial charge in [-0.25, -0.2) is 0 Å². The van der Waals surface area contributed by atoms with Gasteiger partial charge in [-0.2, -0.15) is 0 Å². The van der Waals surface area contributed by atoms with Crippen molar-refractivity contribution < 1.29 is 4.74 Å². The summed E-state index contributed by atoms with van der Waals surface area (Å²) >= 11 is 0. The summed E-state index contributed by atoms with van der Waals surface area (Å²) < 4.78 is 6.38. The topological polar surface area (TPSA) is 25.0 Å². The van der Waals surface area contributed by atoms with Crippen LogP contribution in [0.15, 0.2) is 48.5 Å². The van der Waals surface area contributed by atoms with E-state index in [-0.39, 0.29) is 5.60 Å². The Morgan fingerprint density at radius 1 is 0.952 bits per heavy atom. The number of nitrogens with one attached hydrogen (secondary N) is 1. The van der Waals surface area contributed by atoms with Crippen molar-refractivity contribution in [3.05, 3.63) is 70.9 Å². The van der Waals surface area contributed by atoms with E-state index >= 15 is 0 Å². The third-order valence-corrected chi connectivity index (χ3v) is 5.12. The Balaban J connectivity index is 1.83. The zero-order valence-electron chi connectivity index (χ0n) is 11.9. The second-order valence-electron chi connectivity index (χ2n) is 6.11. The summed E-state index contributed by atoms with van der Waals surface area (Å²) in [5.41, 5.74) is 6.52. The average molecular weight is 275 g/mol. The lowest BCUT2D eigenvalue weighted by molar-refractivity contribution is -0.0293. The lowest BCUT2D eigenvalue weighted by atomic mass is 9.86. The normalized spacial score (nSPS) is 23.4. The van der Waals surface area contributed by atoms with Crippen molar-refractivity contribution in [3.8, 4) is 0 Å². The quantitative estimate of drug-likeness (QED) is 0.660. The molecule has 2 heteroatoms. The Kier molecular flexibility index (Phi) is 2.20. The van der Waals surface area contributed by atoms with Crippen molar-refractivity contribution in [2.24, 2.45) is 0 Å². The number of H-pyrrole nitrogens is 1. The molecule has 5 rings (SSSR count). The zero-order chi connectivity index (χ0) is 13.9. The first-order valence-corrected chi connectivity index (χ1v) is 7.71. The lowest BCUT2D eigenvalue weighted by Crippen LogP contribution is -2.34. The summed E-state index contributed by atoms with van der Waals surface area (Å²) in [6, 6.07) is 17.4. The van der Waals surface area contributed by atoms with Crippen molar-refractivity contribution in [3.63, 3.8) is 0 Å². The molecule has 2 aromatic carbocycles. The maximum atomic E-state index is 6.38. The molecule has 0 bridgehead atoms. The fourth-order valence-corrected chi connectivity index (χ4v) is 4.19. The van der Waals surface area contributed by atoms with Gasteiger partial charge in [0.2, 0.25) is 0 Å². The zero-order valence-corrected chi connectivity index (χ0v) is 11.9. The molecule has 0 radical (unpaired) electrons. The number of aromatic amines is 1. The molecule has 0 fully saturated rings. The highest BCUT2D eigenvalue weighted by atomic mass is 16.5. The van der Waals surface area contributed by atoms with Crippen LogP contribution in [-0.2, 0) is 23.2 Å². The van der Waals surface area contributed by atoms with E-state index in [1.807, 2.05) is 0 Å². The molecule has 1 aromatic heterocycles. The van der Waals surface area contributed by atoms with Crippen molar-refractivity contribution >= 4 is 10.9 Å². The maximum Gasteiger partial charge on any atom is 0.134 e. The molecule has 104 valence electrons. The first-order valence-electron chi connectivity index (χ1n) is 7.71. The molecule has 3 aromatic rings. The highest BCUT2D eigenvalue weighted by molar-refractivity contribution is 5.85. The largest absolute Gasteiger partial charge is 0.364 e. The Bertz CT molecular complexity index is 848. The third kappa shape index (κ3) is 1.41. The molecular formula is C19H17NO. The van der Waals surface area contributed by atoms with E-state index in [9.17, 15) is 0 Å². The summed E-state index contributed by atoms with van der Waals surface area (Å²) in [7, 11) is 0. The molecule has 1 aliphatic heterocycles. The summed E-state index contributed by atoms with van der Waals surface area (Å²) in [6.45, 7) is 0.809. The van der Waals surface area contributed by atoms with Crippen LogP contribution < -0.4 is 0 Å². The predicted molar refractivity (Wildman–Crippen MR) is 83.5 cm³/mol. The first-order chi connectivity index (χ1) is 10.4. The number of para-hydroxylation sites is 1. The molecule has 2 aliphatic rings. The van der Waals surface area contributed by atoms with Gasteiger partial charge in [0.05, 0.1) is 12.3 Å². The number of fused-ring (bicyclic) bond motifs is 6. The van der Waals surface area contributed by atoms with Gasteiger partial charge in [-0.3, -0.25) is 0 Å². The minimum absolute atomic E-state index is 0.247. The van der Waals surface area contributed by atoms with Gasteiger partial charge in [0.1, 0.15) is 5.60 Å². The van der Waals surface area contributed by atoms with Crippen LogP contribution in [-0.4, -0.2) is 11.6 Å². The van der Waals surface area contributed by atoms with Gasteiger partial charge in [0.25, 0.3) is 0 Å². The Morgan fingerprint density at radius 2 is 1.81 bits per heavy atom. The van der Waals surface area contributed by atoms with Crippen LogP contribution >= 0.6 is 0 Å². The second-order valence-corrected chi connectivity index (χ2v) is 6.11. The van der Waals surface area contributed by atoms with E-state index < -0.39 is 0 Å². The smallest absolute Gasteiger partial charge is 0.134 e. The number of ether oxygens (including phenoxy) is 1. The van der Waals surface area contributed by atoms with Crippen molar-refractivity contribution in [2.75, 3.05) is 6.61 Å². The maximum absolute atomic E-state index is 6.38. The van der Waals surface area contributed by atoms with Gasteiger partial charge < -0.3 is 9.72 Å². The van der Waals surface area contributed by atoms with E-state index in [2.05, 4.69) is 53.5 Å². The van der Waals surface area contributed by atoms with Crippen LogP contribution in [0.25, 0.3) is 10.9 Å². The highest BCUT2D eigenvalue weighted by Crippen LogP contribution is 2.49. The predicted octanol–water partition coefficient (Wildman–Crippen LogP) is 3.93. The van der Waals surface area contributed by atoms with E-state index in [1.54, 1.807) is 0 Å². The number of aryl methyl sites for hydroxylation is 1.